The zero-order valence-corrected chi connectivity index (χ0v) is 9.77. The smallest absolute Gasteiger partial charge is 0.306 e. The number of carbonyl (C=O) groups excluding carboxylic acids is 1. The van der Waals surface area contributed by atoms with Crippen molar-refractivity contribution in [3.8, 4) is 0 Å². The summed E-state index contributed by atoms with van der Waals surface area (Å²) in [5.74, 6) is -0.189. The third-order valence-corrected chi connectivity index (χ3v) is 2.62. The second-order valence-corrected chi connectivity index (χ2v) is 3.98. The second-order valence-electron chi connectivity index (χ2n) is 3.98. The molecule has 1 radical (unpaired) electrons. The molecular formula is C12H23O2. The summed E-state index contributed by atoms with van der Waals surface area (Å²) in [5, 5.41) is 0. The van der Waals surface area contributed by atoms with Gasteiger partial charge in [-0.3, -0.25) is 4.79 Å². The molecule has 0 bridgehead atoms. The lowest BCUT2D eigenvalue weighted by atomic mass is 9.95. The summed E-state index contributed by atoms with van der Waals surface area (Å²) < 4.78 is 5.38. The number of esters is 1. The molecule has 0 aliphatic heterocycles. The van der Waals surface area contributed by atoms with Gasteiger partial charge in [-0.05, 0) is 33.1 Å². The minimum absolute atomic E-state index is 0.189. The number of unbranched alkanes of at least 4 members (excludes halogenated alkanes) is 2. The number of ether oxygens (including phenoxy) is 1. The van der Waals surface area contributed by atoms with Gasteiger partial charge in [0, 0.05) is 6.42 Å². The van der Waals surface area contributed by atoms with Crippen LogP contribution >= 0.6 is 0 Å². The fourth-order valence-electron chi connectivity index (χ4n) is 1.37. The van der Waals surface area contributed by atoms with Crippen LogP contribution in [0.5, 0.6) is 0 Å². The van der Waals surface area contributed by atoms with Gasteiger partial charge >= 0.3 is 5.97 Å². The van der Waals surface area contributed by atoms with Crippen molar-refractivity contribution in [2.24, 2.45) is 0 Å². The third-order valence-electron chi connectivity index (χ3n) is 2.62. The molecule has 0 aromatic carbocycles. The van der Waals surface area contributed by atoms with E-state index in [1.54, 1.807) is 0 Å². The van der Waals surface area contributed by atoms with E-state index in [1.165, 1.54) is 12.8 Å². The fourth-order valence-corrected chi connectivity index (χ4v) is 1.37. The average molecular weight is 199 g/mol. The molecule has 0 N–H and O–H groups in total. The molecule has 0 amide bonds. The van der Waals surface area contributed by atoms with E-state index in [1.807, 2.05) is 6.92 Å². The molecule has 83 valence electrons. The van der Waals surface area contributed by atoms with Crippen LogP contribution in [0.1, 0.15) is 59.3 Å². The van der Waals surface area contributed by atoms with E-state index in [2.05, 4.69) is 20.8 Å². The van der Waals surface area contributed by atoms with Crippen molar-refractivity contribution in [1.82, 2.24) is 0 Å². The maximum Gasteiger partial charge on any atom is 0.306 e. The van der Waals surface area contributed by atoms with Crippen LogP contribution in [-0.2, 0) is 9.53 Å². The fraction of sp³-hybridized carbons (Fsp3) is 0.833. The van der Waals surface area contributed by atoms with Gasteiger partial charge in [0.2, 0.25) is 0 Å². The van der Waals surface area contributed by atoms with Gasteiger partial charge in [0.15, 0.2) is 0 Å². The van der Waals surface area contributed by atoms with Gasteiger partial charge in [-0.15, -0.1) is 0 Å². The Morgan fingerprint density at radius 3 is 2.43 bits per heavy atom. The molecule has 1 atom stereocenters. The van der Waals surface area contributed by atoms with Crippen LogP contribution in [0.3, 0.4) is 0 Å². The van der Waals surface area contributed by atoms with Crippen LogP contribution in [0.4, 0.5) is 0 Å². The zero-order valence-electron chi connectivity index (χ0n) is 9.77. The van der Waals surface area contributed by atoms with E-state index in [4.69, 9.17) is 4.74 Å². The molecule has 0 aliphatic rings. The highest BCUT2D eigenvalue weighted by molar-refractivity contribution is 5.70. The summed E-state index contributed by atoms with van der Waals surface area (Å²) in [4.78, 5) is 11.1. The molecule has 0 aromatic rings. The molecule has 2 heteroatoms. The molecule has 1 unspecified atom stereocenters. The number of hydrogen-bond acceptors (Lipinski definition) is 2. The second kappa shape index (κ2) is 6.86. The van der Waals surface area contributed by atoms with Gasteiger partial charge in [0.25, 0.3) is 0 Å². The molecule has 0 aliphatic carbocycles. The van der Waals surface area contributed by atoms with Crippen molar-refractivity contribution >= 4 is 5.97 Å². The van der Waals surface area contributed by atoms with E-state index in [0.29, 0.717) is 0 Å². The topological polar surface area (TPSA) is 26.3 Å². The number of hydrogen-bond donors (Lipinski definition) is 0. The van der Waals surface area contributed by atoms with Crippen LogP contribution in [0, 0.1) is 6.92 Å². The van der Waals surface area contributed by atoms with Crippen molar-refractivity contribution in [2.75, 3.05) is 0 Å². The van der Waals surface area contributed by atoms with Crippen LogP contribution in [0.2, 0.25) is 0 Å². The van der Waals surface area contributed by atoms with Crippen LogP contribution in [0.15, 0.2) is 0 Å². The summed E-state index contributed by atoms with van der Waals surface area (Å²) in [5.41, 5.74) is -0.274. The highest BCUT2D eigenvalue weighted by Crippen LogP contribution is 2.23. The Morgan fingerprint density at radius 2 is 2.00 bits per heavy atom. The normalized spacial score (nSPS) is 14.9. The quantitative estimate of drug-likeness (QED) is 0.463. The van der Waals surface area contributed by atoms with Gasteiger partial charge in [-0.25, -0.2) is 0 Å². The molecule has 14 heavy (non-hydrogen) atoms. The molecule has 0 fully saturated rings. The Balaban J connectivity index is 3.97. The Bertz CT molecular complexity index is 166. The Kier molecular flexibility index (Phi) is 6.60. The van der Waals surface area contributed by atoms with Gasteiger partial charge < -0.3 is 4.74 Å². The molecule has 0 rings (SSSR count). The SMILES string of the molecule is [CH2]CC(=O)OC(C)(CC)CCCCC. The minimum Gasteiger partial charge on any atom is -0.459 e. The lowest BCUT2D eigenvalue weighted by Gasteiger charge is -2.28. The maximum atomic E-state index is 11.1. The first-order chi connectivity index (χ1) is 6.58. The molecule has 0 heterocycles. The molecule has 0 spiro atoms. The summed E-state index contributed by atoms with van der Waals surface area (Å²) in [7, 11) is 0. The lowest BCUT2D eigenvalue weighted by molar-refractivity contribution is -0.158. The van der Waals surface area contributed by atoms with Gasteiger partial charge in [-0.2, -0.15) is 0 Å². The van der Waals surface area contributed by atoms with Gasteiger partial charge in [-0.1, -0.05) is 26.7 Å². The predicted octanol–water partition coefficient (Wildman–Crippen LogP) is 3.50. The predicted molar refractivity (Wildman–Crippen MR) is 58.9 cm³/mol. The highest BCUT2D eigenvalue weighted by atomic mass is 16.6. The summed E-state index contributed by atoms with van der Waals surface area (Å²) in [6, 6.07) is 0. The lowest BCUT2D eigenvalue weighted by Crippen LogP contribution is -2.30. The minimum atomic E-state index is -0.274. The van der Waals surface area contributed by atoms with Crippen molar-refractivity contribution in [1.29, 1.82) is 0 Å². The third kappa shape index (κ3) is 5.25. The molecule has 0 aromatic heterocycles. The Hall–Kier alpha value is -0.530. The molecule has 2 nitrogen and oxygen atoms in total. The summed E-state index contributed by atoms with van der Waals surface area (Å²) in [6.07, 6.45) is 5.60. The van der Waals surface area contributed by atoms with Crippen LogP contribution in [-0.4, -0.2) is 11.6 Å². The van der Waals surface area contributed by atoms with Crippen molar-refractivity contribution in [3.05, 3.63) is 6.92 Å². The summed E-state index contributed by atoms with van der Waals surface area (Å²) >= 11 is 0. The highest BCUT2D eigenvalue weighted by Gasteiger charge is 2.25. The first kappa shape index (κ1) is 13.5. The first-order valence-corrected chi connectivity index (χ1v) is 5.59. The largest absolute Gasteiger partial charge is 0.459 e. The molecule has 0 saturated carbocycles. The maximum absolute atomic E-state index is 11.1. The van der Waals surface area contributed by atoms with E-state index in [-0.39, 0.29) is 18.0 Å². The number of carbonyl (C=O) groups is 1. The van der Waals surface area contributed by atoms with Crippen LogP contribution in [0.25, 0.3) is 0 Å². The van der Waals surface area contributed by atoms with E-state index >= 15 is 0 Å². The number of rotatable bonds is 7. The van der Waals surface area contributed by atoms with Gasteiger partial charge in [0.1, 0.15) is 5.60 Å². The monoisotopic (exact) mass is 199 g/mol. The standard InChI is InChI=1S/C12H23O2/c1-5-8-9-10-12(4,7-3)14-11(13)6-2/h2,5-10H2,1,3-4H3. The van der Waals surface area contributed by atoms with Crippen LogP contribution < -0.4 is 0 Å². The zero-order chi connectivity index (χ0) is 11.0. The summed E-state index contributed by atoms with van der Waals surface area (Å²) in [6.45, 7) is 9.77. The average Bonchev–Trinajstić information content (AvgIpc) is 2.18. The first-order valence-electron chi connectivity index (χ1n) is 5.59. The molecule has 0 saturated heterocycles. The van der Waals surface area contributed by atoms with Gasteiger partial charge in [0.05, 0.1) is 0 Å². The van der Waals surface area contributed by atoms with E-state index in [0.717, 1.165) is 19.3 Å². The van der Waals surface area contributed by atoms with Crippen molar-refractivity contribution < 1.29 is 9.53 Å². The Morgan fingerprint density at radius 1 is 1.36 bits per heavy atom. The van der Waals surface area contributed by atoms with E-state index < -0.39 is 0 Å². The Labute approximate surface area is 88.0 Å². The van der Waals surface area contributed by atoms with Crippen molar-refractivity contribution in [2.45, 2.75) is 64.9 Å². The van der Waals surface area contributed by atoms with Crippen molar-refractivity contribution in [3.63, 3.8) is 0 Å². The molecular weight excluding hydrogens is 176 g/mol. The van der Waals surface area contributed by atoms with E-state index in [9.17, 15) is 4.79 Å².